The zero-order valence-electron chi connectivity index (χ0n) is 17.4. The van der Waals surface area contributed by atoms with Gasteiger partial charge in [-0.2, -0.15) is 0 Å². The second kappa shape index (κ2) is 9.31. The van der Waals surface area contributed by atoms with Crippen LogP contribution in [0.3, 0.4) is 0 Å². The van der Waals surface area contributed by atoms with Gasteiger partial charge in [-0.05, 0) is 29.8 Å². The minimum atomic E-state index is -0.448. The van der Waals surface area contributed by atoms with E-state index in [2.05, 4.69) is 5.32 Å². The number of hydrogen-bond donors (Lipinski definition) is 1. The summed E-state index contributed by atoms with van der Waals surface area (Å²) in [5, 5.41) is 6.87. The van der Waals surface area contributed by atoms with Crippen molar-refractivity contribution in [3.63, 3.8) is 0 Å². The normalized spacial score (nSPS) is 16.0. The van der Waals surface area contributed by atoms with Crippen molar-refractivity contribution in [1.82, 2.24) is 10.2 Å². The molecule has 3 aromatic rings. The van der Waals surface area contributed by atoms with Crippen molar-refractivity contribution in [2.45, 2.75) is 19.9 Å². The van der Waals surface area contributed by atoms with Crippen LogP contribution in [0.1, 0.15) is 18.2 Å². The van der Waals surface area contributed by atoms with Crippen molar-refractivity contribution in [2.75, 3.05) is 24.5 Å². The van der Waals surface area contributed by atoms with E-state index in [1.165, 1.54) is 4.90 Å². The van der Waals surface area contributed by atoms with Crippen molar-refractivity contribution < 1.29 is 14.4 Å². The van der Waals surface area contributed by atoms with Crippen LogP contribution in [0.2, 0.25) is 0 Å². The van der Waals surface area contributed by atoms with Gasteiger partial charge in [-0.15, -0.1) is 11.3 Å². The molecule has 1 atom stereocenters. The van der Waals surface area contributed by atoms with E-state index in [1.54, 1.807) is 16.2 Å². The van der Waals surface area contributed by atoms with Crippen LogP contribution in [0.25, 0.3) is 10.8 Å². The molecule has 0 saturated carbocycles. The summed E-state index contributed by atoms with van der Waals surface area (Å²) in [6.07, 6.45) is 0.162. The number of rotatable bonds is 7. The highest BCUT2D eigenvalue weighted by Gasteiger charge is 2.37. The number of nitrogens with one attached hydrogen (secondary N) is 1. The lowest BCUT2D eigenvalue weighted by molar-refractivity contribution is -0.139. The zero-order valence-corrected chi connectivity index (χ0v) is 18.2. The van der Waals surface area contributed by atoms with E-state index in [0.29, 0.717) is 19.6 Å². The average molecular weight is 436 g/mol. The molecule has 0 bridgehead atoms. The third-order valence-corrected chi connectivity index (χ3v) is 6.48. The monoisotopic (exact) mass is 435 g/mol. The van der Waals surface area contributed by atoms with Gasteiger partial charge in [0.2, 0.25) is 17.7 Å². The Morgan fingerprint density at radius 1 is 1.13 bits per heavy atom. The molecular weight excluding hydrogens is 410 g/mol. The molecule has 0 unspecified atom stereocenters. The van der Waals surface area contributed by atoms with Crippen LogP contribution < -0.4 is 10.2 Å². The number of nitrogens with zero attached hydrogens (tertiary/aromatic N) is 2. The van der Waals surface area contributed by atoms with Gasteiger partial charge in [0.1, 0.15) is 0 Å². The first-order valence-corrected chi connectivity index (χ1v) is 11.3. The fourth-order valence-electron chi connectivity index (χ4n) is 3.98. The highest BCUT2D eigenvalue weighted by atomic mass is 32.1. The van der Waals surface area contributed by atoms with Crippen LogP contribution in [-0.2, 0) is 20.9 Å². The zero-order chi connectivity index (χ0) is 21.8. The SMILES string of the molecule is CCN(CC(=O)NCc1cccs1)C(=O)[C@H]1CC(=O)N(c2cccc3ccccc23)C1. The van der Waals surface area contributed by atoms with E-state index >= 15 is 0 Å². The molecule has 1 N–H and O–H groups in total. The predicted octanol–water partition coefficient (Wildman–Crippen LogP) is 3.42. The molecule has 2 heterocycles. The third-order valence-electron chi connectivity index (χ3n) is 5.60. The molecule has 7 heteroatoms. The van der Waals surface area contributed by atoms with Crippen LogP contribution >= 0.6 is 11.3 Å². The van der Waals surface area contributed by atoms with Gasteiger partial charge in [-0.1, -0.05) is 42.5 Å². The van der Waals surface area contributed by atoms with Crippen LogP contribution in [-0.4, -0.2) is 42.3 Å². The predicted molar refractivity (Wildman–Crippen MR) is 123 cm³/mol. The van der Waals surface area contributed by atoms with Gasteiger partial charge >= 0.3 is 0 Å². The molecule has 0 spiro atoms. The van der Waals surface area contributed by atoms with Gasteiger partial charge in [0.15, 0.2) is 0 Å². The van der Waals surface area contributed by atoms with E-state index in [9.17, 15) is 14.4 Å². The highest BCUT2D eigenvalue weighted by molar-refractivity contribution is 7.09. The number of fused-ring (bicyclic) bond motifs is 1. The molecule has 1 aliphatic rings. The first-order chi connectivity index (χ1) is 15.1. The maximum absolute atomic E-state index is 13.1. The minimum Gasteiger partial charge on any atom is -0.350 e. The summed E-state index contributed by atoms with van der Waals surface area (Å²) < 4.78 is 0. The number of likely N-dealkylation sites (N-methyl/N-ethyl adjacent to an activating group) is 1. The van der Waals surface area contributed by atoms with Crippen molar-refractivity contribution in [2.24, 2.45) is 5.92 Å². The number of thiophene rings is 1. The van der Waals surface area contributed by atoms with E-state index < -0.39 is 5.92 Å². The van der Waals surface area contributed by atoms with Crippen molar-refractivity contribution >= 4 is 45.5 Å². The maximum atomic E-state index is 13.1. The van der Waals surface area contributed by atoms with Gasteiger partial charge in [0.05, 0.1) is 24.7 Å². The standard InChI is InChI=1S/C24H25N3O3S/c1-2-26(16-22(28)25-14-19-9-6-12-31-19)24(30)18-13-23(29)27(15-18)21-11-5-8-17-7-3-4-10-20(17)21/h3-12,18H,2,13-16H2,1H3,(H,25,28)/t18-/m0/s1. The lowest BCUT2D eigenvalue weighted by atomic mass is 10.1. The first kappa shape index (κ1) is 21.1. The molecule has 6 nitrogen and oxygen atoms in total. The van der Waals surface area contributed by atoms with Crippen molar-refractivity contribution in [1.29, 1.82) is 0 Å². The Hall–Kier alpha value is -3.19. The Morgan fingerprint density at radius 3 is 2.71 bits per heavy atom. The Labute approximate surface area is 185 Å². The van der Waals surface area contributed by atoms with E-state index in [1.807, 2.05) is 66.9 Å². The Bertz CT molecular complexity index is 1090. The fourth-order valence-corrected chi connectivity index (χ4v) is 4.63. The van der Waals surface area contributed by atoms with Crippen LogP contribution in [0.4, 0.5) is 5.69 Å². The third kappa shape index (κ3) is 4.61. The topological polar surface area (TPSA) is 69.7 Å². The van der Waals surface area contributed by atoms with Crippen molar-refractivity contribution in [3.8, 4) is 0 Å². The molecule has 160 valence electrons. The van der Waals surface area contributed by atoms with Crippen LogP contribution in [0.15, 0.2) is 60.0 Å². The summed E-state index contributed by atoms with van der Waals surface area (Å²) in [6, 6.07) is 17.7. The number of benzene rings is 2. The van der Waals surface area contributed by atoms with Gasteiger partial charge in [-0.3, -0.25) is 14.4 Å². The summed E-state index contributed by atoms with van der Waals surface area (Å²) in [5.41, 5.74) is 0.829. The Kier molecular flexibility index (Phi) is 6.32. The number of carbonyl (C=O) groups excluding carboxylic acids is 3. The number of anilines is 1. The molecule has 3 amide bonds. The smallest absolute Gasteiger partial charge is 0.239 e. The lowest BCUT2D eigenvalue weighted by Gasteiger charge is -2.24. The average Bonchev–Trinajstić information content (AvgIpc) is 3.45. The maximum Gasteiger partial charge on any atom is 0.239 e. The first-order valence-electron chi connectivity index (χ1n) is 10.4. The number of amides is 3. The number of hydrogen-bond acceptors (Lipinski definition) is 4. The molecule has 0 radical (unpaired) electrons. The summed E-state index contributed by atoms with van der Waals surface area (Å²) in [5.74, 6) is -0.854. The second-order valence-electron chi connectivity index (χ2n) is 7.61. The quantitative estimate of drug-likeness (QED) is 0.618. The minimum absolute atomic E-state index is 0.000331. The second-order valence-corrected chi connectivity index (χ2v) is 8.64. The highest BCUT2D eigenvalue weighted by Crippen LogP contribution is 2.32. The molecule has 0 aliphatic carbocycles. The van der Waals surface area contributed by atoms with Gasteiger partial charge < -0.3 is 15.1 Å². The van der Waals surface area contributed by atoms with Crippen LogP contribution in [0, 0.1) is 5.92 Å². The van der Waals surface area contributed by atoms with Crippen LogP contribution in [0.5, 0.6) is 0 Å². The molecule has 1 fully saturated rings. The van der Waals surface area contributed by atoms with E-state index in [-0.39, 0.29) is 30.7 Å². The molecule has 31 heavy (non-hydrogen) atoms. The molecule has 1 aliphatic heterocycles. The van der Waals surface area contributed by atoms with E-state index in [0.717, 1.165) is 21.3 Å². The Balaban J connectivity index is 1.42. The van der Waals surface area contributed by atoms with Gasteiger partial charge in [0, 0.05) is 29.8 Å². The van der Waals surface area contributed by atoms with Gasteiger partial charge in [-0.25, -0.2) is 0 Å². The molecule has 1 aromatic heterocycles. The van der Waals surface area contributed by atoms with Crippen molar-refractivity contribution in [3.05, 3.63) is 64.9 Å². The summed E-state index contributed by atoms with van der Waals surface area (Å²) >= 11 is 1.58. The lowest BCUT2D eigenvalue weighted by Crippen LogP contribution is -2.43. The largest absolute Gasteiger partial charge is 0.350 e. The Morgan fingerprint density at radius 2 is 1.94 bits per heavy atom. The van der Waals surface area contributed by atoms with Gasteiger partial charge in [0.25, 0.3) is 0 Å². The molecule has 4 rings (SSSR count). The summed E-state index contributed by atoms with van der Waals surface area (Å²) in [6.45, 7) is 3.06. The summed E-state index contributed by atoms with van der Waals surface area (Å²) in [7, 11) is 0. The molecule has 1 saturated heterocycles. The summed E-state index contributed by atoms with van der Waals surface area (Å²) in [4.78, 5) is 42.5. The van der Waals surface area contributed by atoms with E-state index in [4.69, 9.17) is 0 Å². The molecular formula is C24H25N3O3S. The fraction of sp³-hybridized carbons (Fsp3) is 0.292. The molecule has 2 aromatic carbocycles. The number of carbonyl (C=O) groups is 3.